The van der Waals surface area contributed by atoms with Crippen LogP contribution in [0.15, 0.2) is 36.5 Å². The van der Waals surface area contributed by atoms with Crippen LogP contribution < -0.4 is 4.90 Å². The van der Waals surface area contributed by atoms with Crippen molar-refractivity contribution in [2.45, 2.75) is 6.92 Å². The fourth-order valence-corrected chi connectivity index (χ4v) is 2.57. The maximum absolute atomic E-state index is 5.36. The highest BCUT2D eigenvalue weighted by Crippen LogP contribution is 2.26. The van der Waals surface area contributed by atoms with Crippen molar-refractivity contribution in [2.24, 2.45) is 0 Å². The molecule has 0 fully saturated rings. The van der Waals surface area contributed by atoms with Crippen molar-refractivity contribution in [3.05, 3.63) is 46.9 Å². The topological polar surface area (TPSA) is 36.3 Å². The molecule has 2 heterocycles. The zero-order valence-corrected chi connectivity index (χ0v) is 12.5. The van der Waals surface area contributed by atoms with E-state index in [1.807, 2.05) is 37.8 Å². The van der Waals surface area contributed by atoms with E-state index in [0.29, 0.717) is 0 Å². The lowest BCUT2D eigenvalue weighted by Gasteiger charge is -2.13. The number of benzene rings is 1. The Balaban J connectivity index is 2.25. The van der Waals surface area contributed by atoms with Gasteiger partial charge in [-0.25, -0.2) is 9.50 Å². The second kappa shape index (κ2) is 4.76. The van der Waals surface area contributed by atoms with E-state index in [9.17, 15) is 0 Å². The average molecular weight is 284 g/mol. The molecule has 1 aromatic carbocycles. The summed E-state index contributed by atoms with van der Waals surface area (Å²) < 4.78 is 2.57. The van der Waals surface area contributed by atoms with E-state index < -0.39 is 0 Å². The van der Waals surface area contributed by atoms with Gasteiger partial charge in [0.05, 0.1) is 0 Å². The molecular weight excluding hydrogens is 268 g/mol. The van der Waals surface area contributed by atoms with Crippen LogP contribution in [0.25, 0.3) is 16.8 Å². The number of H-pyrrole nitrogens is 1. The lowest BCUT2D eigenvalue weighted by molar-refractivity contribution is 0.915. The number of fused-ring (bicyclic) bond motifs is 1. The third-order valence-corrected chi connectivity index (χ3v) is 3.60. The van der Waals surface area contributed by atoms with Crippen molar-refractivity contribution in [2.75, 3.05) is 19.0 Å². The summed E-state index contributed by atoms with van der Waals surface area (Å²) in [6.45, 7) is 1.96. The van der Waals surface area contributed by atoms with E-state index in [-0.39, 0.29) is 0 Å². The summed E-state index contributed by atoms with van der Waals surface area (Å²) in [5.74, 6) is 0. The number of anilines is 1. The smallest absolute Gasteiger partial charge is 0.162 e. The molecule has 4 nitrogen and oxygen atoms in total. The Morgan fingerprint density at radius 1 is 1.25 bits per heavy atom. The number of aromatic nitrogens is 3. The van der Waals surface area contributed by atoms with Crippen molar-refractivity contribution >= 4 is 23.6 Å². The zero-order chi connectivity index (χ0) is 14.3. The second-order valence-electron chi connectivity index (χ2n) is 5.03. The molecule has 0 saturated carbocycles. The van der Waals surface area contributed by atoms with Crippen LogP contribution in [0.1, 0.15) is 5.69 Å². The number of hydrogen-bond acceptors (Lipinski definition) is 3. The van der Waals surface area contributed by atoms with Crippen LogP contribution in [0, 0.1) is 11.6 Å². The minimum atomic E-state index is 0.738. The van der Waals surface area contributed by atoms with E-state index in [4.69, 9.17) is 12.2 Å². The summed E-state index contributed by atoms with van der Waals surface area (Å²) in [5, 5.41) is 3.17. The fourth-order valence-electron chi connectivity index (χ4n) is 2.26. The normalized spacial score (nSPS) is 10.9. The highest BCUT2D eigenvalue weighted by molar-refractivity contribution is 7.71. The molecule has 0 saturated heterocycles. The Hall–Kier alpha value is -2.14. The molecular formula is C15H16N4S. The molecule has 0 radical (unpaired) electrons. The number of aryl methyl sites for hydroxylation is 1. The molecule has 0 aliphatic heterocycles. The molecule has 0 bridgehead atoms. The van der Waals surface area contributed by atoms with Gasteiger partial charge in [0.25, 0.3) is 0 Å². The maximum atomic E-state index is 5.36. The third kappa shape index (κ3) is 2.10. The van der Waals surface area contributed by atoms with Gasteiger partial charge in [-0.05, 0) is 30.7 Å². The van der Waals surface area contributed by atoms with Gasteiger partial charge in [-0.3, -0.25) is 5.10 Å². The Bertz CT molecular complexity index is 829. The molecule has 0 unspecified atom stereocenters. The summed E-state index contributed by atoms with van der Waals surface area (Å²) >= 11 is 5.36. The van der Waals surface area contributed by atoms with E-state index >= 15 is 0 Å². The summed E-state index contributed by atoms with van der Waals surface area (Å²) in [4.78, 5) is 6.68. The fraction of sp³-hybridized carbons (Fsp3) is 0.200. The van der Waals surface area contributed by atoms with Gasteiger partial charge in [0.2, 0.25) is 0 Å². The largest absolute Gasteiger partial charge is 0.378 e. The first-order chi connectivity index (χ1) is 9.56. The van der Waals surface area contributed by atoms with Gasteiger partial charge in [0, 0.05) is 37.2 Å². The molecule has 0 atom stereocenters. The van der Waals surface area contributed by atoms with Crippen molar-refractivity contribution in [1.82, 2.24) is 14.6 Å². The van der Waals surface area contributed by atoms with Crippen molar-refractivity contribution in [3.63, 3.8) is 0 Å². The van der Waals surface area contributed by atoms with E-state index in [1.54, 1.807) is 0 Å². The molecule has 0 aliphatic carbocycles. The van der Waals surface area contributed by atoms with Crippen LogP contribution in [0.2, 0.25) is 0 Å². The lowest BCUT2D eigenvalue weighted by Crippen LogP contribution is -2.08. The van der Waals surface area contributed by atoms with Gasteiger partial charge in [-0.15, -0.1) is 0 Å². The molecule has 0 aliphatic rings. The first kappa shape index (κ1) is 12.9. The monoisotopic (exact) mass is 284 g/mol. The summed E-state index contributed by atoms with van der Waals surface area (Å²) in [6, 6.07) is 10.3. The van der Waals surface area contributed by atoms with Crippen molar-refractivity contribution < 1.29 is 0 Å². The number of aromatic amines is 1. The van der Waals surface area contributed by atoms with E-state index in [0.717, 1.165) is 32.8 Å². The van der Waals surface area contributed by atoms with Gasteiger partial charge in [-0.1, -0.05) is 24.4 Å². The van der Waals surface area contributed by atoms with Crippen LogP contribution in [-0.4, -0.2) is 28.7 Å². The predicted octanol–water partition coefficient (Wildman–Crippen LogP) is 3.43. The molecule has 20 heavy (non-hydrogen) atoms. The van der Waals surface area contributed by atoms with E-state index in [1.165, 1.54) is 0 Å². The zero-order valence-electron chi connectivity index (χ0n) is 11.7. The van der Waals surface area contributed by atoms with Crippen LogP contribution in [0.5, 0.6) is 0 Å². The quantitative estimate of drug-likeness (QED) is 0.732. The van der Waals surface area contributed by atoms with Gasteiger partial charge < -0.3 is 4.90 Å². The minimum absolute atomic E-state index is 0.738. The number of hydrogen-bond donors (Lipinski definition) is 1. The lowest BCUT2D eigenvalue weighted by atomic mass is 10.1. The molecule has 102 valence electrons. The van der Waals surface area contributed by atoms with Crippen molar-refractivity contribution in [3.8, 4) is 11.1 Å². The van der Waals surface area contributed by atoms with Gasteiger partial charge in [0.1, 0.15) is 4.64 Å². The summed E-state index contributed by atoms with van der Waals surface area (Å²) in [7, 11) is 4.07. The van der Waals surface area contributed by atoms with Crippen LogP contribution >= 0.6 is 12.2 Å². The molecule has 5 heteroatoms. The van der Waals surface area contributed by atoms with Gasteiger partial charge >= 0.3 is 0 Å². The Morgan fingerprint density at radius 3 is 2.80 bits per heavy atom. The minimum Gasteiger partial charge on any atom is -0.378 e. The Labute approximate surface area is 122 Å². The Kier molecular flexibility index (Phi) is 3.06. The Morgan fingerprint density at radius 2 is 2.05 bits per heavy atom. The first-order valence-corrected chi connectivity index (χ1v) is 6.82. The van der Waals surface area contributed by atoms with Gasteiger partial charge in [-0.2, -0.15) is 0 Å². The molecule has 3 aromatic rings. The van der Waals surface area contributed by atoms with Crippen LogP contribution in [-0.2, 0) is 0 Å². The number of nitrogens with one attached hydrogen (secondary N) is 1. The SMILES string of the molecule is Cc1cc(=S)n2[nH]cc(-c3cccc(N(C)C)c3)c2n1. The number of rotatable bonds is 2. The highest BCUT2D eigenvalue weighted by atomic mass is 32.1. The van der Waals surface area contributed by atoms with E-state index in [2.05, 4.69) is 39.2 Å². The average Bonchev–Trinajstić information content (AvgIpc) is 2.82. The van der Waals surface area contributed by atoms with Gasteiger partial charge in [0.15, 0.2) is 5.65 Å². The molecule has 2 aromatic heterocycles. The number of nitrogens with zero attached hydrogens (tertiary/aromatic N) is 3. The summed E-state index contributed by atoms with van der Waals surface area (Å²) in [6.07, 6.45) is 1.95. The molecule has 1 N–H and O–H groups in total. The highest BCUT2D eigenvalue weighted by Gasteiger charge is 2.09. The van der Waals surface area contributed by atoms with Crippen molar-refractivity contribution in [1.29, 1.82) is 0 Å². The third-order valence-electron chi connectivity index (χ3n) is 3.30. The molecule has 0 spiro atoms. The summed E-state index contributed by atoms with van der Waals surface area (Å²) in [5.41, 5.74) is 5.14. The second-order valence-corrected chi connectivity index (χ2v) is 5.44. The maximum Gasteiger partial charge on any atom is 0.162 e. The van der Waals surface area contributed by atoms with Crippen LogP contribution in [0.4, 0.5) is 5.69 Å². The molecule has 0 amide bonds. The van der Waals surface area contributed by atoms with Crippen LogP contribution in [0.3, 0.4) is 0 Å². The first-order valence-electron chi connectivity index (χ1n) is 6.42. The molecule has 3 rings (SSSR count). The standard InChI is InChI=1S/C15H16N4S/c1-10-7-14(20)19-15(17-10)13(9-16-19)11-5-4-6-12(8-11)18(2)3/h4-9,16H,1-3H3. The predicted molar refractivity (Wildman–Crippen MR) is 84.9 cm³/mol.